The Morgan fingerprint density at radius 2 is 1.50 bits per heavy atom. The first-order valence-electron chi connectivity index (χ1n) is 8.94. The van der Waals surface area contributed by atoms with E-state index in [2.05, 4.69) is 10.6 Å². The second-order valence-electron chi connectivity index (χ2n) is 6.62. The molecule has 4 nitrogen and oxygen atoms in total. The maximum absolute atomic E-state index is 13.6. The van der Waals surface area contributed by atoms with Crippen molar-refractivity contribution in [1.29, 1.82) is 0 Å². The summed E-state index contributed by atoms with van der Waals surface area (Å²) in [5.74, 6) is -0.934. The number of carbonyl (C=O) groups excluding carboxylic acids is 2. The predicted molar refractivity (Wildman–Crippen MR) is 108 cm³/mol. The lowest BCUT2D eigenvalue weighted by Crippen LogP contribution is -2.23. The van der Waals surface area contributed by atoms with Crippen molar-refractivity contribution in [2.75, 3.05) is 5.32 Å². The average molecular weight is 376 g/mol. The second kappa shape index (κ2) is 8.48. The number of halogens is 1. The number of nitrogens with one attached hydrogen (secondary N) is 2. The number of anilines is 1. The Morgan fingerprint density at radius 3 is 2.14 bits per heavy atom. The molecule has 142 valence electrons. The van der Waals surface area contributed by atoms with Crippen molar-refractivity contribution < 1.29 is 14.0 Å². The second-order valence-corrected chi connectivity index (χ2v) is 6.62. The highest BCUT2D eigenvalue weighted by atomic mass is 19.1. The fraction of sp³-hybridized carbons (Fsp3) is 0.130. The zero-order chi connectivity index (χ0) is 20.1. The Bertz CT molecular complexity index is 1010. The summed E-state index contributed by atoms with van der Waals surface area (Å²) in [6.07, 6.45) is 0. The summed E-state index contributed by atoms with van der Waals surface area (Å²) in [5, 5.41) is 5.55. The maximum atomic E-state index is 13.6. The molecule has 0 atom stereocenters. The molecule has 5 heteroatoms. The summed E-state index contributed by atoms with van der Waals surface area (Å²) in [4.78, 5) is 24.7. The third kappa shape index (κ3) is 4.62. The van der Waals surface area contributed by atoms with Crippen molar-refractivity contribution in [2.24, 2.45) is 0 Å². The number of aryl methyl sites for hydroxylation is 2. The number of rotatable bonds is 5. The first-order valence-corrected chi connectivity index (χ1v) is 8.94. The molecule has 0 saturated carbocycles. The van der Waals surface area contributed by atoms with Crippen molar-refractivity contribution >= 4 is 17.5 Å². The molecule has 0 radical (unpaired) electrons. The molecule has 3 aromatic carbocycles. The van der Waals surface area contributed by atoms with E-state index in [0.29, 0.717) is 16.7 Å². The molecule has 0 aliphatic carbocycles. The van der Waals surface area contributed by atoms with Crippen LogP contribution in [0.5, 0.6) is 0 Å². The highest BCUT2D eigenvalue weighted by molar-refractivity contribution is 6.05. The third-order valence-electron chi connectivity index (χ3n) is 4.44. The molecule has 0 spiro atoms. The molecule has 2 amide bonds. The molecule has 0 aliphatic rings. The molecule has 0 saturated heterocycles. The summed E-state index contributed by atoms with van der Waals surface area (Å²) in [6, 6.07) is 18.4. The van der Waals surface area contributed by atoms with Gasteiger partial charge in [-0.15, -0.1) is 0 Å². The van der Waals surface area contributed by atoms with Crippen molar-refractivity contribution in [1.82, 2.24) is 5.32 Å². The Hall–Kier alpha value is -3.47. The zero-order valence-electron chi connectivity index (χ0n) is 15.8. The van der Waals surface area contributed by atoms with E-state index < -0.39 is 0 Å². The van der Waals surface area contributed by atoms with E-state index in [1.807, 2.05) is 32.0 Å². The predicted octanol–water partition coefficient (Wildman–Crippen LogP) is 4.62. The standard InChI is InChI=1S/C23H21FN2O2/c1-15-7-12-21(16(2)13-15)26-23(28)18-10-8-17(9-11-18)22(27)25-14-19-5-3-4-6-20(19)24/h3-13H,14H2,1-2H3,(H,25,27)(H,26,28). The maximum Gasteiger partial charge on any atom is 0.255 e. The van der Waals surface area contributed by atoms with Crippen LogP contribution in [0.3, 0.4) is 0 Å². The molecule has 0 heterocycles. The van der Waals surface area contributed by atoms with E-state index in [0.717, 1.165) is 16.8 Å². The van der Waals surface area contributed by atoms with Gasteiger partial charge in [-0.25, -0.2) is 4.39 Å². The van der Waals surface area contributed by atoms with Gasteiger partial charge in [-0.3, -0.25) is 9.59 Å². The smallest absolute Gasteiger partial charge is 0.255 e. The van der Waals surface area contributed by atoms with E-state index in [9.17, 15) is 14.0 Å². The molecule has 3 rings (SSSR count). The van der Waals surface area contributed by atoms with Gasteiger partial charge in [0.05, 0.1) is 0 Å². The molecular formula is C23H21FN2O2. The molecule has 0 bridgehead atoms. The quantitative estimate of drug-likeness (QED) is 0.682. The number of hydrogen-bond donors (Lipinski definition) is 2. The highest BCUT2D eigenvalue weighted by Gasteiger charge is 2.11. The van der Waals surface area contributed by atoms with Gasteiger partial charge in [-0.2, -0.15) is 0 Å². The Balaban J connectivity index is 1.63. The topological polar surface area (TPSA) is 58.2 Å². The number of amides is 2. The van der Waals surface area contributed by atoms with Crippen molar-refractivity contribution in [3.05, 3.63) is 100 Å². The van der Waals surface area contributed by atoms with E-state index >= 15 is 0 Å². The SMILES string of the molecule is Cc1ccc(NC(=O)c2ccc(C(=O)NCc3ccccc3F)cc2)c(C)c1. The van der Waals surface area contributed by atoms with Gasteiger partial charge in [0.1, 0.15) is 5.82 Å². The number of benzene rings is 3. The molecule has 0 unspecified atom stereocenters. The van der Waals surface area contributed by atoms with Crippen LogP contribution in [0.25, 0.3) is 0 Å². The Labute approximate surface area is 163 Å². The van der Waals surface area contributed by atoms with Crippen molar-refractivity contribution in [2.45, 2.75) is 20.4 Å². The summed E-state index contributed by atoms with van der Waals surface area (Å²) in [6.45, 7) is 4.03. The molecular weight excluding hydrogens is 355 g/mol. The lowest BCUT2D eigenvalue weighted by Gasteiger charge is -2.10. The molecule has 28 heavy (non-hydrogen) atoms. The molecule has 0 aromatic heterocycles. The van der Waals surface area contributed by atoms with E-state index in [1.54, 1.807) is 42.5 Å². The highest BCUT2D eigenvalue weighted by Crippen LogP contribution is 2.17. The lowest BCUT2D eigenvalue weighted by molar-refractivity contribution is 0.0948. The van der Waals surface area contributed by atoms with Crippen LogP contribution in [0, 0.1) is 19.7 Å². The van der Waals surface area contributed by atoms with E-state index in [-0.39, 0.29) is 24.2 Å². The van der Waals surface area contributed by atoms with Crippen LogP contribution < -0.4 is 10.6 Å². The molecule has 2 N–H and O–H groups in total. The van der Waals surface area contributed by atoms with Gasteiger partial charge in [-0.05, 0) is 55.8 Å². The van der Waals surface area contributed by atoms with Gasteiger partial charge in [-0.1, -0.05) is 35.9 Å². The monoisotopic (exact) mass is 376 g/mol. The van der Waals surface area contributed by atoms with E-state index in [1.165, 1.54) is 6.07 Å². The van der Waals surface area contributed by atoms with Gasteiger partial charge < -0.3 is 10.6 Å². The summed E-state index contributed by atoms with van der Waals surface area (Å²) in [7, 11) is 0. The van der Waals surface area contributed by atoms with Crippen LogP contribution in [-0.2, 0) is 6.54 Å². The minimum absolute atomic E-state index is 0.0977. The molecule has 3 aromatic rings. The van der Waals surface area contributed by atoms with E-state index in [4.69, 9.17) is 0 Å². The van der Waals surface area contributed by atoms with Crippen LogP contribution >= 0.6 is 0 Å². The third-order valence-corrected chi connectivity index (χ3v) is 4.44. The summed E-state index contributed by atoms with van der Waals surface area (Å²) in [5.41, 5.74) is 4.13. The van der Waals surface area contributed by atoms with Gasteiger partial charge >= 0.3 is 0 Å². The Morgan fingerprint density at radius 1 is 0.857 bits per heavy atom. The number of carbonyl (C=O) groups is 2. The van der Waals surface area contributed by atoms with Crippen molar-refractivity contribution in [3.8, 4) is 0 Å². The average Bonchev–Trinajstić information content (AvgIpc) is 2.69. The summed E-state index contributed by atoms with van der Waals surface area (Å²) < 4.78 is 13.6. The largest absolute Gasteiger partial charge is 0.348 e. The van der Waals surface area contributed by atoms with Gasteiger partial charge in [0, 0.05) is 28.9 Å². The first kappa shape index (κ1) is 19.3. The van der Waals surface area contributed by atoms with Crippen LogP contribution in [0.1, 0.15) is 37.4 Å². The molecule has 0 aliphatic heterocycles. The number of hydrogen-bond acceptors (Lipinski definition) is 2. The van der Waals surface area contributed by atoms with Gasteiger partial charge in [0.15, 0.2) is 0 Å². The van der Waals surface area contributed by atoms with Crippen LogP contribution in [0.4, 0.5) is 10.1 Å². The minimum Gasteiger partial charge on any atom is -0.348 e. The van der Waals surface area contributed by atoms with Gasteiger partial charge in [0.25, 0.3) is 11.8 Å². The minimum atomic E-state index is -0.360. The zero-order valence-corrected chi connectivity index (χ0v) is 15.8. The molecule has 0 fully saturated rings. The Kier molecular flexibility index (Phi) is 5.84. The summed E-state index contributed by atoms with van der Waals surface area (Å²) >= 11 is 0. The lowest BCUT2D eigenvalue weighted by atomic mass is 10.1. The fourth-order valence-corrected chi connectivity index (χ4v) is 2.84. The fourth-order valence-electron chi connectivity index (χ4n) is 2.84. The van der Waals surface area contributed by atoms with Crippen LogP contribution in [-0.4, -0.2) is 11.8 Å². The van der Waals surface area contributed by atoms with Crippen LogP contribution in [0.2, 0.25) is 0 Å². The first-order chi connectivity index (χ1) is 13.4. The normalized spacial score (nSPS) is 10.4. The van der Waals surface area contributed by atoms with Crippen molar-refractivity contribution in [3.63, 3.8) is 0 Å². The van der Waals surface area contributed by atoms with Gasteiger partial charge in [0.2, 0.25) is 0 Å². The van der Waals surface area contributed by atoms with Crippen LogP contribution in [0.15, 0.2) is 66.7 Å².